The first kappa shape index (κ1) is 13.1. The number of aromatic carboxylic acids is 1. The zero-order chi connectivity index (χ0) is 14.8. The molecule has 0 saturated heterocycles. The third kappa shape index (κ3) is 2.53. The fourth-order valence-corrected chi connectivity index (χ4v) is 2.24. The van der Waals surface area contributed by atoms with Gasteiger partial charge in [0.2, 0.25) is 0 Å². The Hall–Kier alpha value is -2.95. The van der Waals surface area contributed by atoms with Crippen LogP contribution in [0.25, 0.3) is 10.9 Å². The van der Waals surface area contributed by atoms with Crippen molar-refractivity contribution in [3.8, 4) is 0 Å². The average Bonchev–Trinajstić information content (AvgIpc) is 2.49. The molecule has 104 valence electrons. The summed E-state index contributed by atoms with van der Waals surface area (Å²) in [5.41, 5.74) is 1.07. The SMILES string of the molecule is O=C(O)c1cccn(Cc2ccc3ncccc3c2)c1=O. The number of nitrogens with zero attached hydrogens (tertiary/aromatic N) is 2. The van der Waals surface area contributed by atoms with Crippen LogP contribution in [0.1, 0.15) is 15.9 Å². The molecule has 0 aliphatic heterocycles. The van der Waals surface area contributed by atoms with Gasteiger partial charge in [0.15, 0.2) is 0 Å². The molecular formula is C16H12N2O3. The van der Waals surface area contributed by atoms with Crippen LogP contribution in [0.2, 0.25) is 0 Å². The van der Waals surface area contributed by atoms with Crippen LogP contribution in [0.15, 0.2) is 59.7 Å². The van der Waals surface area contributed by atoms with E-state index in [1.165, 1.54) is 10.6 Å². The molecule has 0 atom stereocenters. The Kier molecular flexibility index (Phi) is 3.23. The Morgan fingerprint density at radius 3 is 2.86 bits per heavy atom. The zero-order valence-corrected chi connectivity index (χ0v) is 11.1. The molecule has 5 heteroatoms. The Bertz CT molecular complexity index is 884. The highest BCUT2D eigenvalue weighted by atomic mass is 16.4. The van der Waals surface area contributed by atoms with Crippen molar-refractivity contribution >= 4 is 16.9 Å². The van der Waals surface area contributed by atoms with E-state index < -0.39 is 11.5 Å². The summed E-state index contributed by atoms with van der Waals surface area (Å²) in [5, 5.41) is 9.96. The minimum atomic E-state index is -1.21. The van der Waals surface area contributed by atoms with Gasteiger partial charge >= 0.3 is 5.97 Å². The third-order valence-corrected chi connectivity index (χ3v) is 3.27. The smallest absolute Gasteiger partial charge is 0.341 e. The highest BCUT2D eigenvalue weighted by Crippen LogP contribution is 2.13. The van der Waals surface area contributed by atoms with Crippen molar-refractivity contribution in [1.29, 1.82) is 0 Å². The van der Waals surface area contributed by atoms with Crippen LogP contribution in [-0.4, -0.2) is 20.6 Å². The standard InChI is InChI=1S/C16H12N2O3/c19-15-13(16(20)21)4-2-8-18(15)10-11-5-6-14-12(9-11)3-1-7-17-14/h1-9H,10H2,(H,20,21). The fraction of sp³-hybridized carbons (Fsp3) is 0.0625. The maximum absolute atomic E-state index is 12.0. The van der Waals surface area contributed by atoms with E-state index in [1.807, 2.05) is 30.3 Å². The zero-order valence-electron chi connectivity index (χ0n) is 11.1. The summed E-state index contributed by atoms with van der Waals surface area (Å²) in [6, 6.07) is 12.4. The molecule has 1 aromatic carbocycles. The van der Waals surface area contributed by atoms with Gasteiger partial charge in [0.1, 0.15) is 5.56 Å². The monoisotopic (exact) mass is 280 g/mol. The van der Waals surface area contributed by atoms with Gasteiger partial charge in [0.25, 0.3) is 5.56 Å². The van der Waals surface area contributed by atoms with Crippen LogP contribution < -0.4 is 5.56 Å². The van der Waals surface area contributed by atoms with E-state index in [9.17, 15) is 9.59 Å². The molecule has 21 heavy (non-hydrogen) atoms. The normalized spacial score (nSPS) is 10.7. The lowest BCUT2D eigenvalue weighted by Gasteiger charge is -2.07. The van der Waals surface area contributed by atoms with Crippen molar-refractivity contribution < 1.29 is 9.90 Å². The molecule has 3 rings (SSSR count). The van der Waals surface area contributed by atoms with Gasteiger partial charge in [-0.25, -0.2) is 4.79 Å². The fourth-order valence-electron chi connectivity index (χ4n) is 2.24. The second kappa shape index (κ2) is 5.20. The van der Waals surface area contributed by atoms with E-state index in [4.69, 9.17) is 5.11 Å². The van der Waals surface area contributed by atoms with Crippen molar-refractivity contribution in [2.45, 2.75) is 6.54 Å². The van der Waals surface area contributed by atoms with E-state index in [-0.39, 0.29) is 5.56 Å². The van der Waals surface area contributed by atoms with Gasteiger partial charge in [-0.2, -0.15) is 0 Å². The summed E-state index contributed by atoms with van der Waals surface area (Å²) in [6.45, 7) is 0.324. The summed E-state index contributed by atoms with van der Waals surface area (Å²) < 4.78 is 1.39. The Morgan fingerprint density at radius 1 is 1.19 bits per heavy atom. The van der Waals surface area contributed by atoms with Gasteiger partial charge in [0, 0.05) is 17.8 Å². The summed E-state index contributed by atoms with van der Waals surface area (Å²) in [7, 11) is 0. The molecule has 0 unspecified atom stereocenters. The topological polar surface area (TPSA) is 72.2 Å². The third-order valence-electron chi connectivity index (χ3n) is 3.27. The molecule has 1 N–H and O–H groups in total. The van der Waals surface area contributed by atoms with Crippen LogP contribution in [-0.2, 0) is 6.54 Å². The molecule has 5 nitrogen and oxygen atoms in total. The molecule has 0 amide bonds. The molecular weight excluding hydrogens is 268 g/mol. The van der Waals surface area contributed by atoms with Gasteiger partial charge in [-0.05, 0) is 35.9 Å². The predicted molar refractivity (Wildman–Crippen MR) is 78.5 cm³/mol. The maximum atomic E-state index is 12.0. The molecule has 3 aromatic rings. The van der Waals surface area contributed by atoms with Crippen molar-refractivity contribution in [2.75, 3.05) is 0 Å². The number of aromatic nitrogens is 2. The van der Waals surface area contributed by atoms with Gasteiger partial charge < -0.3 is 9.67 Å². The van der Waals surface area contributed by atoms with Crippen molar-refractivity contribution in [1.82, 2.24) is 9.55 Å². The second-order valence-corrected chi connectivity index (χ2v) is 4.69. The summed E-state index contributed by atoms with van der Waals surface area (Å²) in [4.78, 5) is 27.3. The number of fused-ring (bicyclic) bond motifs is 1. The van der Waals surface area contributed by atoms with Crippen molar-refractivity contribution in [2.24, 2.45) is 0 Å². The van der Waals surface area contributed by atoms with E-state index in [0.29, 0.717) is 6.54 Å². The van der Waals surface area contributed by atoms with E-state index in [1.54, 1.807) is 18.5 Å². The lowest BCUT2D eigenvalue weighted by molar-refractivity contribution is 0.0694. The molecule has 0 aliphatic carbocycles. The van der Waals surface area contributed by atoms with Crippen LogP contribution in [0.4, 0.5) is 0 Å². The molecule has 0 fully saturated rings. The van der Waals surface area contributed by atoms with Gasteiger partial charge in [-0.1, -0.05) is 12.1 Å². The average molecular weight is 280 g/mol. The highest BCUT2D eigenvalue weighted by Gasteiger charge is 2.10. The lowest BCUT2D eigenvalue weighted by atomic mass is 10.1. The quantitative estimate of drug-likeness (QED) is 0.797. The summed E-state index contributed by atoms with van der Waals surface area (Å²) in [6.07, 6.45) is 3.31. The second-order valence-electron chi connectivity index (χ2n) is 4.69. The minimum absolute atomic E-state index is 0.222. The van der Waals surface area contributed by atoms with Crippen LogP contribution in [0, 0.1) is 0 Å². The Labute approximate surface area is 120 Å². The number of hydrogen-bond acceptors (Lipinski definition) is 3. The van der Waals surface area contributed by atoms with Crippen LogP contribution in [0.3, 0.4) is 0 Å². The number of benzene rings is 1. The summed E-state index contributed by atoms with van der Waals surface area (Å²) >= 11 is 0. The number of hydrogen-bond donors (Lipinski definition) is 1. The van der Waals surface area contributed by atoms with Crippen LogP contribution >= 0.6 is 0 Å². The van der Waals surface area contributed by atoms with Gasteiger partial charge in [-0.3, -0.25) is 9.78 Å². The molecule has 0 spiro atoms. The first-order valence-electron chi connectivity index (χ1n) is 6.41. The largest absolute Gasteiger partial charge is 0.477 e. The molecule has 0 aliphatic rings. The first-order valence-corrected chi connectivity index (χ1v) is 6.41. The Morgan fingerprint density at radius 2 is 2.05 bits per heavy atom. The van der Waals surface area contributed by atoms with E-state index in [0.717, 1.165) is 16.5 Å². The number of carbonyl (C=O) groups is 1. The van der Waals surface area contributed by atoms with E-state index in [2.05, 4.69) is 4.98 Å². The van der Waals surface area contributed by atoms with Crippen molar-refractivity contribution in [3.05, 3.63) is 76.3 Å². The Balaban J connectivity index is 2.01. The maximum Gasteiger partial charge on any atom is 0.341 e. The molecule has 0 radical (unpaired) electrons. The molecule has 2 aromatic heterocycles. The van der Waals surface area contributed by atoms with Gasteiger partial charge in [0.05, 0.1) is 12.1 Å². The predicted octanol–water partition coefficient (Wildman–Crippen LogP) is 2.14. The highest BCUT2D eigenvalue weighted by molar-refractivity contribution is 5.87. The van der Waals surface area contributed by atoms with Crippen molar-refractivity contribution in [3.63, 3.8) is 0 Å². The van der Waals surface area contributed by atoms with E-state index >= 15 is 0 Å². The molecule has 0 saturated carbocycles. The molecule has 2 heterocycles. The summed E-state index contributed by atoms with van der Waals surface area (Å²) in [5.74, 6) is -1.21. The first-order chi connectivity index (χ1) is 10.1. The molecule has 0 bridgehead atoms. The lowest BCUT2D eigenvalue weighted by Crippen LogP contribution is -2.25. The number of pyridine rings is 2. The number of carboxylic acids is 1. The number of carboxylic acid groups (broad SMARTS) is 1. The van der Waals surface area contributed by atoms with Gasteiger partial charge in [-0.15, -0.1) is 0 Å². The van der Waals surface area contributed by atoms with Crippen LogP contribution in [0.5, 0.6) is 0 Å². The minimum Gasteiger partial charge on any atom is -0.477 e. The number of rotatable bonds is 3.